The van der Waals surface area contributed by atoms with Crippen molar-refractivity contribution in [2.45, 2.75) is 13.3 Å². The van der Waals surface area contributed by atoms with E-state index in [2.05, 4.69) is 0 Å². The summed E-state index contributed by atoms with van der Waals surface area (Å²) in [5, 5.41) is 8.71. The molecule has 0 atom stereocenters. The van der Waals surface area contributed by atoms with Crippen LogP contribution in [-0.2, 0) is 9.59 Å². The first-order valence-corrected chi connectivity index (χ1v) is 7.93. The summed E-state index contributed by atoms with van der Waals surface area (Å²) in [6.45, 7) is 2.57. The number of nitrogens with zero attached hydrogens (tertiary/aromatic N) is 1. The fourth-order valence-corrected chi connectivity index (χ4v) is 3.22. The van der Waals surface area contributed by atoms with Gasteiger partial charge in [0.1, 0.15) is 10.1 Å². The van der Waals surface area contributed by atoms with Crippen LogP contribution < -0.4 is 4.74 Å². The van der Waals surface area contributed by atoms with Crippen LogP contribution in [0.4, 0.5) is 0 Å². The molecule has 2 rings (SSSR count). The van der Waals surface area contributed by atoms with E-state index in [9.17, 15) is 9.59 Å². The van der Waals surface area contributed by atoms with Crippen molar-refractivity contribution in [2.24, 2.45) is 0 Å². The lowest BCUT2D eigenvalue weighted by molar-refractivity contribution is -0.137. The van der Waals surface area contributed by atoms with Crippen LogP contribution in [0.2, 0.25) is 0 Å². The second-order valence-corrected chi connectivity index (χ2v) is 6.16. The van der Waals surface area contributed by atoms with Gasteiger partial charge in [0.2, 0.25) is 0 Å². The Labute approximate surface area is 137 Å². The highest BCUT2D eigenvalue weighted by Crippen LogP contribution is 2.33. The molecule has 1 saturated heterocycles. The second-order valence-electron chi connectivity index (χ2n) is 4.48. The molecule has 5 nitrogen and oxygen atoms in total. The monoisotopic (exact) mass is 337 g/mol. The van der Waals surface area contributed by atoms with Crippen molar-refractivity contribution in [3.8, 4) is 5.75 Å². The first kappa shape index (κ1) is 16.5. The molecule has 7 heteroatoms. The Hall–Kier alpha value is -1.86. The number of carboxylic acid groups (broad SMARTS) is 1. The smallest absolute Gasteiger partial charge is 0.305 e. The molecule has 1 aromatic carbocycles. The standard InChI is InChI=1S/C15H15NO4S2/c1-2-20-11-5-3-4-10(8-11)9-12-14(19)16(15(21)22-12)7-6-13(17)18/h3-5,8-9H,2,6-7H2,1H3,(H,17,18)/b12-9-. The van der Waals surface area contributed by atoms with Gasteiger partial charge in [0, 0.05) is 6.54 Å². The SMILES string of the molecule is CCOc1cccc(/C=C2\SC(=S)N(CCC(=O)O)C2=O)c1. The van der Waals surface area contributed by atoms with Crippen molar-refractivity contribution in [2.75, 3.05) is 13.2 Å². The van der Waals surface area contributed by atoms with Crippen molar-refractivity contribution in [1.82, 2.24) is 4.90 Å². The largest absolute Gasteiger partial charge is 0.494 e. The molecule has 116 valence electrons. The molecule has 1 amide bonds. The molecule has 1 aromatic rings. The molecular formula is C15H15NO4S2. The maximum Gasteiger partial charge on any atom is 0.305 e. The molecule has 0 spiro atoms. The molecule has 1 N–H and O–H groups in total. The first-order chi connectivity index (χ1) is 10.5. The van der Waals surface area contributed by atoms with E-state index < -0.39 is 5.97 Å². The van der Waals surface area contributed by atoms with Crippen LogP contribution in [0.3, 0.4) is 0 Å². The van der Waals surface area contributed by atoms with Gasteiger partial charge in [-0.25, -0.2) is 0 Å². The third-order valence-electron chi connectivity index (χ3n) is 2.89. The van der Waals surface area contributed by atoms with Gasteiger partial charge < -0.3 is 9.84 Å². The van der Waals surface area contributed by atoms with Crippen LogP contribution >= 0.6 is 24.0 Å². The minimum atomic E-state index is -0.956. The van der Waals surface area contributed by atoms with Gasteiger partial charge in [-0.2, -0.15) is 0 Å². The van der Waals surface area contributed by atoms with Crippen molar-refractivity contribution >= 4 is 46.3 Å². The summed E-state index contributed by atoms with van der Waals surface area (Å²) >= 11 is 6.32. The predicted molar refractivity (Wildman–Crippen MR) is 89.7 cm³/mol. The molecule has 0 unspecified atom stereocenters. The van der Waals surface area contributed by atoms with Crippen LogP contribution in [0, 0.1) is 0 Å². The van der Waals surface area contributed by atoms with Gasteiger partial charge in [-0.1, -0.05) is 36.1 Å². The lowest BCUT2D eigenvalue weighted by Crippen LogP contribution is -2.30. The van der Waals surface area contributed by atoms with E-state index in [0.29, 0.717) is 15.8 Å². The van der Waals surface area contributed by atoms with Gasteiger partial charge >= 0.3 is 5.97 Å². The molecule has 0 saturated carbocycles. The number of rotatable bonds is 6. The molecule has 1 aliphatic rings. The number of benzene rings is 1. The van der Waals surface area contributed by atoms with E-state index in [1.165, 1.54) is 16.7 Å². The summed E-state index contributed by atoms with van der Waals surface area (Å²) in [4.78, 5) is 24.7. The summed E-state index contributed by atoms with van der Waals surface area (Å²) < 4.78 is 5.81. The fourth-order valence-electron chi connectivity index (χ4n) is 1.91. The van der Waals surface area contributed by atoms with Crippen LogP contribution in [0.5, 0.6) is 5.75 Å². The van der Waals surface area contributed by atoms with Gasteiger partial charge in [0.15, 0.2) is 0 Å². The maximum absolute atomic E-state index is 12.3. The maximum atomic E-state index is 12.3. The summed E-state index contributed by atoms with van der Waals surface area (Å²) in [7, 11) is 0. The molecule has 0 radical (unpaired) electrons. The molecule has 0 aliphatic carbocycles. The number of ether oxygens (including phenoxy) is 1. The lowest BCUT2D eigenvalue weighted by Gasteiger charge is -2.12. The first-order valence-electron chi connectivity index (χ1n) is 6.71. The van der Waals surface area contributed by atoms with Crippen molar-refractivity contribution in [1.29, 1.82) is 0 Å². The molecule has 0 aromatic heterocycles. The topological polar surface area (TPSA) is 66.8 Å². The quantitative estimate of drug-likeness (QED) is 0.636. The molecule has 22 heavy (non-hydrogen) atoms. The zero-order valence-corrected chi connectivity index (χ0v) is 13.6. The number of hydrogen-bond acceptors (Lipinski definition) is 5. The minimum Gasteiger partial charge on any atom is -0.494 e. The van der Waals surface area contributed by atoms with Crippen LogP contribution in [-0.4, -0.2) is 39.4 Å². The lowest BCUT2D eigenvalue weighted by atomic mass is 10.2. The number of aliphatic carboxylic acids is 1. The predicted octanol–water partition coefficient (Wildman–Crippen LogP) is 2.76. The number of thioether (sulfide) groups is 1. The van der Waals surface area contributed by atoms with Crippen LogP contribution in [0.15, 0.2) is 29.2 Å². The van der Waals surface area contributed by atoms with E-state index in [-0.39, 0.29) is 18.9 Å². The summed E-state index contributed by atoms with van der Waals surface area (Å²) in [6, 6.07) is 7.40. The summed E-state index contributed by atoms with van der Waals surface area (Å²) in [6.07, 6.45) is 1.61. The highest BCUT2D eigenvalue weighted by Gasteiger charge is 2.31. The Kier molecular flexibility index (Phi) is 5.57. The average Bonchev–Trinajstić information content (AvgIpc) is 2.72. The van der Waals surface area contributed by atoms with Gasteiger partial charge in [0.05, 0.1) is 17.9 Å². The molecule has 1 heterocycles. The number of thiocarbonyl (C=S) groups is 1. The Bertz CT molecular complexity index is 642. The van der Waals surface area contributed by atoms with Gasteiger partial charge in [0.25, 0.3) is 5.91 Å². The molecule has 0 bridgehead atoms. The zero-order valence-electron chi connectivity index (χ0n) is 11.9. The fraction of sp³-hybridized carbons (Fsp3) is 0.267. The van der Waals surface area contributed by atoms with Gasteiger partial charge in [-0.15, -0.1) is 0 Å². The Morgan fingerprint density at radius 1 is 1.50 bits per heavy atom. The Morgan fingerprint density at radius 3 is 2.95 bits per heavy atom. The number of carbonyl (C=O) groups excluding carboxylic acids is 1. The van der Waals surface area contributed by atoms with E-state index in [1.54, 1.807) is 6.08 Å². The van der Waals surface area contributed by atoms with E-state index in [0.717, 1.165) is 11.3 Å². The number of amides is 1. The van der Waals surface area contributed by atoms with Crippen LogP contribution in [0.25, 0.3) is 6.08 Å². The van der Waals surface area contributed by atoms with Crippen LogP contribution in [0.1, 0.15) is 18.9 Å². The second kappa shape index (κ2) is 7.42. The Morgan fingerprint density at radius 2 is 2.27 bits per heavy atom. The van der Waals surface area contributed by atoms with Gasteiger partial charge in [-0.3, -0.25) is 14.5 Å². The van der Waals surface area contributed by atoms with Crippen molar-refractivity contribution < 1.29 is 19.4 Å². The van der Waals surface area contributed by atoms with Crippen molar-refractivity contribution in [3.05, 3.63) is 34.7 Å². The molecule has 1 fully saturated rings. The van der Waals surface area contributed by atoms with Crippen molar-refractivity contribution in [3.63, 3.8) is 0 Å². The zero-order chi connectivity index (χ0) is 16.1. The average molecular weight is 337 g/mol. The normalized spacial score (nSPS) is 16.4. The van der Waals surface area contributed by atoms with Gasteiger partial charge in [-0.05, 0) is 30.7 Å². The van der Waals surface area contributed by atoms with E-state index in [1.807, 2.05) is 31.2 Å². The van der Waals surface area contributed by atoms with E-state index >= 15 is 0 Å². The Balaban J connectivity index is 2.15. The number of carboxylic acids is 1. The summed E-state index contributed by atoms with van der Waals surface area (Å²) in [5.74, 6) is -0.474. The highest BCUT2D eigenvalue weighted by molar-refractivity contribution is 8.26. The summed E-state index contributed by atoms with van der Waals surface area (Å²) in [5.41, 5.74) is 0.838. The highest BCUT2D eigenvalue weighted by atomic mass is 32.2. The third kappa shape index (κ3) is 4.08. The third-order valence-corrected chi connectivity index (χ3v) is 4.27. The molecule has 1 aliphatic heterocycles. The molecular weight excluding hydrogens is 322 g/mol. The van der Waals surface area contributed by atoms with E-state index in [4.69, 9.17) is 22.1 Å². The number of carbonyl (C=O) groups is 2. The minimum absolute atomic E-state index is 0.0936. The number of hydrogen-bond donors (Lipinski definition) is 1.